The fourth-order valence-corrected chi connectivity index (χ4v) is 11.1. The second-order valence-electron chi connectivity index (χ2n) is 18.1. The van der Waals surface area contributed by atoms with E-state index in [-0.39, 0.29) is 5.41 Å². The minimum absolute atomic E-state index is 0.137. The van der Waals surface area contributed by atoms with Crippen LogP contribution in [-0.4, -0.2) is 4.57 Å². The average molecular weight is 829 g/mol. The zero-order chi connectivity index (χ0) is 43.2. The van der Waals surface area contributed by atoms with Gasteiger partial charge >= 0.3 is 0 Å². The summed E-state index contributed by atoms with van der Waals surface area (Å²) in [5.41, 5.74) is 24.5. The van der Waals surface area contributed by atoms with Gasteiger partial charge in [0.15, 0.2) is 0 Å². The lowest BCUT2D eigenvalue weighted by Gasteiger charge is -2.30. The number of hydrogen-bond acceptors (Lipinski definition) is 1. The SMILES string of the molecule is CC1(C)c2ccccc2-c2ccc(N(c3ccc(-c4ccc5c(c4)c4ccccc4n5-c4ccccc4)cc3)c3ccc4c(c3)-c3ccccc3-c3ccccc3-c3ccccc3-4)cc21. The van der Waals surface area contributed by atoms with Gasteiger partial charge < -0.3 is 9.47 Å². The van der Waals surface area contributed by atoms with E-state index in [0.29, 0.717) is 0 Å². The molecule has 1 aromatic heterocycles. The molecule has 0 aliphatic heterocycles. The Morgan fingerprint density at radius 2 is 0.769 bits per heavy atom. The van der Waals surface area contributed by atoms with Crippen molar-refractivity contribution in [1.82, 2.24) is 4.57 Å². The molecule has 0 spiro atoms. The van der Waals surface area contributed by atoms with Gasteiger partial charge in [0, 0.05) is 38.9 Å². The van der Waals surface area contributed by atoms with E-state index in [1.165, 1.54) is 105 Å². The lowest BCUT2D eigenvalue weighted by atomic mass is 9.80. The summed E-state index contributed by atoms with van der Waals surface area (Å²) in [5, 5.41) is 2.50. The average Bonchev–Trinajstić information content (AvgIpc) is 3.81. The zero-order valence-corrected chi connectivity index (χ0v) is 36.3. The number of rotatable bonds is 5. The highest BCUT2D eigenvalue weighted by Gasteiger charge is 2.36. The van der Waals surface area contributed by atoms with Crippen LogP contribution in [0.2, 0.25) is 0 Å². The number of anilines is 3. The van der Waals surface area contributed by atoms with Gasteiger partial charge in [0.2, 0.25) is 0 Å². The summed E-state index contributed by atoms with van der Waals surface area (Å²) < 4.78 is 2.38. The van der Waals surface area contributed by atoms with E-state index in [2.05, 4.69) is 254 Å². The second kappa shape index (κ2) is 14.4. The standard InChI is InChI=1S/C63H44N2/c1-63(2)59-26-14-12-24-54(59)55-36-34-46(40-60(55)63)64(45-33-35-53-51-22-9-8-20-49(51)47-18-6-7-19-48(47)50-21-10-11-23-52(50)57(53)39-45)44-31-28-41(29-32-44)42-30-37-62-58(38-42)56-25-13-15-27-61(56)65(62)43-16-4-3-5-17-43/h3-40H,1-2H3. The molecule has 0 unspecified atom stereocenters. The van der Waals surface area contributed by atoms with E-state index in [0.717, 1.165) is 17.1 Å². The molecule has 0 saturated heterocycles. The van der Waals surface area contributed by atoms with E-state index >= 15 is 0 Å². The summed E-state index contributed by atoms with van der Waals surface area (Å²) in [6.07, 6.45) is 0. The zero-order valence-electron chi connectivity index (χ0n) is 36.3. The molecule has 0 atom stereocenters. The maximum Gasteiger partial charge on any atom is 0.0541 e. The van der Waals surface area contributed by atoms with E-state index in [9.17, 15) is 0 Å². The maximum atomic E-state index is 2.46. The van der Waals surface area contributed by atoms with Crippen LogP contribution in [0.1, 0.15) is 25.0 Å². The van der Waals surface area contributed by atoms with Gasteiger partial charge in [-0.1, -0.05) is 178 Å². The van der Waals surface area contributed by atoms with Crippen LogP contribution in [0, 0.1) is 0 Å². The summed E-state index contributed by atoms with van der Waals surface area (Å²) in [5.74, 6) is 0. The second-order valence-corrected chi connectivity index (χ2v) is 18.1. The van der Waals surface area contributed by atoms with Crippen LogP contribution in [0.4, 0.5) is 17.1 Å². The molecule has 13 rings (SSSR count). The third-order valence-corrected chi connectivity index (χ3v) is 14.2. The predicted octanol–water partition coefficient (Wildman–Crippen LogP) is 17.2. The molecule has 0 radical (unpaired) electrons. The van der Waals surface area contributed by atoms with Crippen LogP contribution in [0.3, 0.4) is 0 Å². The van der Waals surface area contributed by atoms with Gasteiger partial charge in [0.1, 0.15) is 0 Å². The van der Waals surface area contributed by atoms with Crippen LogP contribution < -0.4 is 4.90 Å². The van der Waals surface area contributed by atoms with Crippen molar-refractivity contribution < 1.29 is 0 Å². The van der Waals surface area contributed by atoms with Crippen molar-refractivity contribution >= 4 is 38.9 Å². The predicted molar refractivity (Wildman–Crippen MR) is 274 cm³/mol. The molecule has 2 aliphatic carbocycles. The lowest BCUT2D eigenvalue weighted by molar-refractivity contribution is 0.660. The van der Waals surface area contributed by atoms with Gasteiger partial charge in [-0.15, -0.1) is 0 Å². The highest BCUT2D eigenvalue weighted by molar-refractivity contribution is 6.10. The third kappa shape index (κ3) is 5.74. The Kier molecular flexibility index (Phi) is 8.29. The highest BCUT2D eigenvalue weighted by atomic mass is 15.1. The Bertz CT molecular complexity index is 3680. The molecule has 2 nitrogen and oxygen atoms in total. The number of aromatic nitrogens is 1. The number of para-hydroxylation sites is 2. The first-order valence-corrected chi connectivity index (χ1v) is 22.7. The number of nitrogens with zero attached hydrogens (tertiary/aromatic N) is 2. The molecule has 0 N–H and O–H groups in total. The van der Waals surface area contributed by atoms with Crippen molar-refractivity contribution in [3.8, 4) is 72.4 Å². The van der Waals surface area contributed by atoms with Crippen LogP contribution in [-0.2, 0) is 5.41 Å². The van der Waals surface area contributed by atoms with Gasteiger partial charge in [-0.3, -0.25) is 0 Å². The fourth-order valence-electron chi connectivity index (χ4n) is 11.1. The van der Waals surface area contributed by atoms with E-state index in [1.807, 2.05) is 0 Å². The Hall–Kier alpha value is -8.20. The van der Waals surface area contributed by atoms with Gasteiger partial charge in [-0.25, -0.2) is 0 Å². The normalized spacial score (nSPS) is 12.9. The quantitative estimate of drug-likeness (QED) is 0.168. The third-order valence-electron chi connectivity index (χ3n) is 14.2. The molecule has 0 bridgehead atoms. The Balaban J connectivity index is 0.984. The van der Waals surface area contributed by atoms with E-state index in [4.69, 9.17) is 0 Å². The first-order chi connectivity index (χ1) is 32.0. The van der Waals surface area contributed by atoms with Crippen molar-refractivity contribution in [3.05, 3.63) is 242 Å². The van der Waals surface area contributed by atoms with Gasteiger partial charge in [-0.05, 0) is 145 Å². The first kappa shape index (κ1) is 37.4. The Labute approximate surface area is 380 Å². The molecule has 0 amide bonds. The monoisotopic (exact) mass is 828 g/mol. The molecule has 2 aliphatic rings. The van der Waals surface area contributed by atoms with Crippen LogP contribution in [0.25, 0.3) is 94.3 Å². The highest BCUT2D eigenvalue weighted by Crippen LogP contribution is 2.53. The molecule has 2 heteroatoms. The molecule has 65 heavy (non-hydrogen) atoms. The van der Waals surface area contributed by atoms with Gasteiger partial charge in [0.05, 0.1) is 11.0 Å². The molecule has 306 valence electrons. The first-order valence-electron chi connectivity index (χ1n) is 22.7. The largest absolute Gasteiger partial charge is 0.310 e. The van der Waals surface area contributed by atoms with Crippen LogP contribution in [0.5, 0.6) is 0 Å². The number of hydrogen-bond donors (Lipinski definition) is 0. The molecule has 11 aromatic rings. The maximum absolute atomic E-state index is 2.46. The van der Waals surface area contributed by atoms with Gasteiger partial charge in [0.25, 0.3) is 0 Å². The van der Waals surface area contributed by atoms with E-state index in [1.54, 1.807) is 0 Å². The molecule has 10 aromatic carbocycles. The lowest BCUT2D eigenvalue weighted by Crippen LogP contribution is -2.16. The Morgan fingerprint density at radius 3 is 1.43 bits per heavy atom. The molecule has 1 heterocycles. The molecular weight excluding hydrogens is 785 g/mol. The van der Waals surface area contributed by atoms with Crippen molar-refractivity contribution in [2.45, 2.75) is 19.3 Å². The smallest absolute Gasteiger partial charge is 0.0541 e. The number of benzene rings is 10. The number of fused-ring (bicyclic) bond motifs is 14. The van der Waals surface area contributed by atoms with Crippen LogP contribution in [0.15, 0.2) is 231 Å². The van der Waals surface area contributed by atoms with Crippen LogP contribution >= 0.6 is 0 Å². The summed E-state index contributed by atoms with van der Waals surface area (Å²) in [6, 6.07) is 85.4. The summed E-state index contributed by atoms with van der Waals surface area (Å²) in [6.45, 7) is 4.73. The van der Waals surface area contributed by atoms with Crippen molar-refractivity contribution in [2.24, 2.45) is 0 Å². The van der Waals surface area contributed by atoms with Crippen molar-refractivity contribution in [3.63, 3.8) is 0 Å². The summed E-state index contributed by atoms with van der Waals surface area (Å²) in [7, 11) is 0. The summed E-state index contributed by atoms with van der Waals surface area (Å²) in [4.78, 5) is 2.46. The van der Waals surface area contributed by atoms with Gasteiger partial charge in [-0.2, -0.15) is 0 Å². The minimum Gasteiger partial charge on any atom is -0.310 e. The molecule has 0 fully saturated rings. The minimum atomic E-state index is -0.137. The van der Waals surface area contributed by atoms with E-state index < -0.39 is 0 Å². The molecule has 0 saturated carbocycles. The van der Waals surface area contributed by atoms with Crippen molar-refractivity contribution in [1.29, 1.82) is 0 Å². The topological polar surface area (TPSA) is 8.17 Å². The summed E-state index contributed by atoms with van der Waals surface area (Å²) >= 11 is 0. The Morgan fingerprint density at radius 1 is 0.308 bits per heavy atom. The fraction of sp³-hybridized carbons (Fsp3) is 0.0476. The van der Waals surface area contributed by atoms with Crippen molar-refractivity contribution in [2.75, 3.05) is 4.90 Å². The molecular formula is C63H44N2.